The van der Waals surface area contributed by atoms with E-state index in [-0.39, 0.29) is 18.4 Å². The maximum Gasteiger partial charge on any atom is 0.264 e. The molecule has 1 fully saturated rings. The highest BCUT2D eigenvalue weighted by Crippen LogP contribution is 2.33. The monoisotopic (exact) mass is 380 g/mol. The molecule has 0 unspecified atom stereocenters. The Bertz CT molecular complexity index is 442. The first-order chi connectivity index (χ1) is 8.08. The van der Waals surface area contributed by atoms with Gasteiger partial charge in [0.2, 0.25) is 5.91 Å². The van der Waals surface area contributed by atoms with Crippen LogP contribution in [-0.2, 0) is 4.79 Å². The third kappa shape index (κ3) is 3.08. The molecule has 1 N–H and O–H groups in total. The van der Waals surface area contributed by atoms with Crippen molar-refractivity contribution in [3.05, 3.63) is 19.2 Å². The maximum atomic E-state index is 12.2. The summed E-state index contributed by atoms with van der Waals surface area (Å²) in [5.74, 6) is -0.177. The van der Waals surface area contributed by atoms with Gasteiger partial charge in [-0.2, -0.15) is 0 Å². The van der Waals surface area contributed by atoms with Crippen molar-refractivity contribution in [2.45, 2.75) is 6.42 Å². The van der Waals surface area contributed by atoms with Gasteiger partial charge in [0.1, 0.15) is 0 Å². The molecule has 1 aliphatic heterocycles. The number of thiophene rings is 1. The van der Waals surface area contributed by atoms with E-state index < -0.39 is 0 Å². The zero-order valence-electron chi connectivity index (χ0n) is 8.83. The van der Waals surface area contributed by atoms with Gasteiger partial charge in [-0.15, -0.1) is 11.3 Å². The van der Waals surface area contributed by atoms with Gasteiger partial charge in [-0.25, -0.2) is 0 Å². The number of carbonyl (C=O) groups excluding carboxylic acids is 2. The second-order valence-electron chi connectivity index (χ2n) is 3.66. The van der Waals surface area contributed by atoms with Gasteiger partial charge in [0, 0.05) is 17.6 Å². The Morgan fingerprint density at radius 2 is 2.24 bits per heavy atom. The molecular weight excluding hydrogens is 372 g/mol. The zero-order valence-corrected chi connectivity index (χ0v) is 12.8. The number of nitrogens with zero attached hydrogens (tertiary/aromatic N) is 1. The number of carbonyl (C=O) groups is 2. The number of hydrogen-bond acceptors (Lipinski definition) is 3. The second-order valence-corrected chi connectivity index (χ2v) is 6.89. The number of amides is 2. The third-order valence-corrected chi connectivity index (χ3v) is 5.65. The largest absolute Gasteiger partial charge is 0.354 e. The van der Waals surface area contributed by atoms with Crippen LogP contribution in [0.1, 0.15) is 16.1 Å². The molecule has 0 aromatic carbocycles. The average molecular weight is 382 g/mol. The Morgan fingerprint density at radius 3 is 2.88 bits per heavy atom. The molecule has 2 amide bonds. The van der Waals surface area contributed by atoms with Crippen LogP contribution in [0.25, 0.3) is 0 Å². The molecule has 0 saturated carbocycles. The average Bonchev–Trinajstić information content (AvgIpc) is 2.51. The molecule has 4 nitrogen and oxygen atoms in total. The van der Waals surface area contributed by atoms with Gasteiger partial charge in [0.25, 0.3) is 5.91 Å². The van der Waals surface area contributed by atoms with Crippen LogP contribution < -0.4 is 5.32 Å². The van der Waals surface area contributed by atoms with Crippen LogP contribution in [0.15, 0.2) is 14.3 Å². The summed E-state index contributed by atoms with van der Waals surface area (Å²) in [6.07, 6.45) is 0.797. The summed E-state index contributed by atoms with van der Waals surface area (Å²) in [5, 5.41) is 2.75. The lowest BCUT2D eigenvalue weighted by Gasteiger charge is -2.17. The van der Waals surface area contributed by atoms with E-state index in [1.54, 1.807) is 11.0 Å². The quantitative estimate of drug-likeness (QED) is 0.810. The first-order valence-corrected chi connectivity index (χ1v) is 7.49. The first kappa shape index (κ1) is 13.0. The second kappa shape index (κ2) is 5.49. The highest BCUT2D eigenvalue weighted by atomic mass is 79.9. The molecule has 2 rings (SSSR count). The molecule has 1 aromatic rings. The van der Waals surface area contributed by atoms with Gasteiger partial charge in [0.15, 0.2) is 0 Å². The van der Waals surface area contributed by atoms with Crippen LogP contribution in [0.3, 0.4) is 0 Å². The summed E-state index contributed by atoms with van der Waals surface area (Å²) in [4.78, 5) is 25.8. The maximum absolute atomic E-state index is 12.2. The predicted octanol–water partition coefficient (Wildman–Crippen LogP) is 2.24. The van der Waals surface area contributed by atoms with Gasteiger partial charge in [-0.05, 0) is 44.3 Å². The van der Waals surface area contributed by atoms with Gasteiger partial charge >= 0.3 is 0 Å². The van der Waals surface area contributed by atoms with Crippen molar-refractivity contribution >= 4 is 55.0 Å². The molecule has 2 heterocycles. The fourth-order valence-corrected chi connectivity index (χ4v) is 3.59. The molecule has 1 saturated heterocycles. The highest BCUT2D eigenvalue weighted by molar-refractivity contribution is 9.13. The molecule has 92 valence electrons. The van der Waals surface area contributed by atoms with Crippen molar-refractivity contribution in [1.82, 2.24) is 10.2 Å². The van der Waals surface area contributed by atoms with Crippen molar-refractivity contribution < 1.29 is 9.59 Å². The Morgan fingerprint density at radius 1 is 1.47 bits per heavy atom. The number of hydrogen-bond donors (Lipinski definition) is 1. The summed E-state index contributed by atoms with van der Waals surface area (Å²) in [6.45, 7) is 1.40. The standard InChI is InChI=1S/C10H10Br2N2O2S/c11-6-4-7(17-9(6)12)10(16)14-3-1-2-13-8(15)5-14/h4H,1-3,5H2,(H,13,15). The Hall–Kier alpha value is -0.400. The van der Waals surface area contributed by atoms with Crippen molar-refractivity contribution in [3.8, 4) is 0 Å². The number of nitrogens with one attached hydrogen (secondary N) is 1. The topological polar surface area (TPSA) is 49.4 Å². The lowest BCUT2D eigenvalue weighted by molar-refractivity contribution is -0.121. The predicted molar refractivity (Wildman–Crippen MR) is 73.2 cm³/mol. The van der Waals surface area contributed by atoms with E-state index in [1.165, 1.54) is 11.3 Å². The van der Waals surface area contributed by atoms with E-state index in [0.29, 0.717) is 18.0 Å². The number of rotatable bonds is 1. The highest BCUT2D eigenvalue weighted by Gasteiger charge is 2.22. The molecule has 0 radical (unpaired) electrons. The fourth-order valence-electron chi connectivity index (χ4n) is 1.59. The smallest absolute Gasteiger partial charge is 0.264 e. The van der Waals surface area contributed by atoms with E-state index in [0.717, 1.165) is 14.7 Å². The summed E-state index contributed by atoms with van der Waals surface area (Å²) in [6, 6.07) is 1.78. The number of halogens is 2. The summed E-state index contributed by atoms with van der Waals surface area (Å²) >= 11 is 8.08. The van der Waals surface area contributed by atoms with Crippen LogP contribution in [0, 0.1) is 0 Å². The van der Waals surface area contributed by atoms with Crippen molar-refractivity contribution in [1.29, 1.82) is 0 Å². The Labute approximate surface area is 120 Å². The van der Waals surface area contributed by atoms with E-state index in [9.17, 15) is 9.59 Å². The molecule has 7 heteroatoms. The van der Waals surface area contributed by atoms with Crippen LogP contribution in [0.4, 0.5) is 0 Å². The lowest BCUT2D eigenvalue weighted by atomic mass is 10.3. The molecule has 0 bridgehead atoms. The molecule has 1 aromatic heterocycles. The molecule has 0 aliphatic carbocycles. The molecule has 0 spiro atoms. The molecule has 17 heavy (non-hydrogen) atoms. The molecule has 1 aliphatic rings. The minimum absolute atomic E-state index is 0.0848. The normalized spacial score (nSPS) is 16.6. The summed E-state index contributed by atoms with van der Waals surface area (Å²) in [5.41, 5.74) is 0. The molecular formula is C10H10Br2N2O2S. The van der Waals surface area contributed by atoms with Crippen LogP contribution >= 0.6 is 43.2 Å². The van der Waals surface area contributed by atoms with E-state index in [4.69, 9.17) is 0 Å². The Kier molecular flexibility index (Phi) is 4.22. The zero-order chi connectivity index (χ0) is 12.4. The minimum atomic E-state index is -0.0921. The van der Waals surface area contributed by atoms with Crippen molar-refractivity contribution in [2.75, 3.05) is 19.6 Å². The summed E-state index contributed by atoms with van der Waals surface area (Å²) < 4.78 is 1.75. The molecule has 0 atom stereocenters. The lowest BCUT2D eigenvalue weighted by Crippen LogP contribution is -2.37. The van der Waals surface area contributed by atoms with Gasteiger partial charge < -0.3 is 10.2 Å². The minimum Gasteiger partial charge on any atom is -0.354 e. The SMILES string of the molecule is O=C1CN(C(=O)c2cc(Br)c(Br)s2)CCCN1. The fraction of sp³-hybridized carbons (Fsp3) is 0.400. The summed E-state index contributed by atoms with van der Waals surface area (Å²) in [7, 11) is 0. The van der Waals surface area contributed by atoms with E-state index >= 15 is 0 Å². The first-order valence-electron chi connectivity index (χ1n) is 5.08. The van der Waals surface area contributed by atoms with Gasteiger partial charge in [-0.1, -0.05) is 0 Å². The van der Waals surface area contributed by atoms with E-state index in [2.05, 4.69) is 37.2 Å². The van der Waals surface area contributed by atoms with Gasteiger partial charge in [-0.3, -0.25) is 9.59 Å². The van der Waals surface area contributed by atoms with Gasteiger partial charge in [0.05, 0.1) is 15.2 Å². The van der Waals surface area contributed by atoms with Crippen LogP contribution in [0.5, 0.6) is 0 Å². The Balaban J connectivity index is 2.15. The van der Waals surface area contributed by atoms with Crippen molar-refractivity contribution in [3.63, 3.8) is 0 Å². The van der Waals surface area contributed by atoms with Crippen LogP contribution in [-0.4, -0.2) is 36.3 Å². The third-order valence-electron chi connectivity index (χ3n) is 2.40. The van der Waals surface area contributed by atoms with Crippen molar-refractivity contribution in [2.24, 2.45) is 0 Å². The van der Waals surface area contributed by atoms with E-state index in [1.807, 2.05) is 0 Å². The van der Waals surface area contributed by atoms with Crippen LogP contribution in [0.2, 0.25) is 0 Å².